The first kappa shape index (κ1) is 84.1. The SMILES string of the molecule is CCC(C)CCCCCCCCC(=O)OC[C@H](COP(=O)(O)OCC(O)COP(=O)(O)OC[C@@H](COC(=O)CCCCCCCCCCC(C)C)OC(=O)CCCCCCCCC(C)CC)OC(=O)CCCCCCCCCCCCCCC(C)C. The highest BCUT2D eigenvalue weighted by molar-refractivity contribution is 7.47. The van der Waals surface area contributed by atoms with Crippen molar-refractivity contribution in [2.45, 2.75) is 343 Å². The Balaban J connectivity index is 5.25. The highest BCUT2D eigenvalue weighted by Gasteiger charge is 2.30. The Morgan fingerprint density at radius 1 is 0.326 bits per heavy atom. The van der Waals surface area contributed by atoms with Gasteiger partial charge in [-0.1, -0.05) is 274 Å². The molecule has 0 aliphatic rings. The molecule has 0 saturated heterocycles. The monoisotopic (exact) mass is 1270 g/mol. The number of ether oxygens (including phenoxy) is 4. The third kappa shape index (κ3) is 58.4. The van der Waals surface area contributed by atoms with Gasteiger partial charge >= 0.3 is 39.5 Å². The Morgan fingerprint density at radius 3 is 0.826 bits per heavy atom. The second kappa shape index (κ2) is 57.0. The van der Waals surface area contributed by atoms with E-state index < -0.39 is 97.5 Å². The van der Waals surface area contributed by atoms with Gasteiger partial charge in [-0.25, -0.2) is 9.13 Å². The highest BCUT2D eigenvalue weighted by atomic mass is 31.2. The van der Waals surface area contributed by atoms with Crippen molar-refractivity contribution in [3.05, 3.63) is 0 Å². The van der Waals surface area contributed by atoms with E-state index in [2.05, 4.69) is 55.4 Å². The fourth-order valence-corrected chi connectivity index (χ4v) is 11.5. The van der Waals surface area contributed by atoms with E-state index in [0.717, 1.165) is 120 Å². The van der Waals surface area contributed by atoms with Crippen LogP contribution in [0, 0.1) is 23.7 Å². The summed E-state index contributed by atoms with van der Waals surface area (Å²) < 4.78 is 68.1. The molecule has 0 amide bonds. The van der Waals surface area contributed by atoms with Crippen LogP contribution in [0.5, 0.6) is 0 Å². The number of rotatable bonds is 64. The summed E-state index contributed by atoms with van der Waals surface area (Å²) in [5.74, 6) is 0.817. The van der Waals surface area contributed by atoms with Gasteiger partial charge in [0.15, 0.2) is 12.2 Å². The molecular formula is C67H130O17P2. The van der Waals surface area contributed by atoms with E-state index in [1.807, 2.05) is 0 Å². The van der Waals surface area contributed by atoms with Crippen LogP contribution >= 0.6 is 15.6 Å². The fourth-order valence-electron chi connectivity index (χ4n) is 9.89. The van der Waals surface area contributed by atoms with Crippen molar-refractivity contribution >= 4 is 39.5 Å². The van der Waals surface area contributed by atoms with Gasteiger partial charge in [0, 0.05) is 25.7 Å². The molecule has 7 atom stereocenters. The van der Waals surface area contributed by atoms with Crippen molar-refractivity contribution in [1.29, 1.82) is 0 Å². The largest absolute Gasteiger partial charge is 0.472 e. The van der Waals surface area contributed by atoms with Crippen LogP contribution in [0.3, 0.4) is 0 Å². The van der Waals surface area contributed by atoms with Crippen LogP contribution < -0.4 is 0 Å². The molecule has 0 fully saturated rings. The van der Waals surface area contributed by atoms with Crippen LogP contribution in [0.4, 0.5) is 0 Å². The van der Waals surface area contributed by atoms with Crippen molar-refractivity contribution in [3.63, 3.8) is 0 Å². The summed E-state index contributed by atoms with van der Waals surface area (Å²) in [6.07, 6.45) is 37.6. The number of hydrogen-bond donors (Lipinski definition) is 3. The number of unbranched alkanes of at least 4 members (excludes halogenated alkanes) is 28. The molecule has 0 aromatic carbocycles. The van der Waals surface area contributed by atoms with E-state index in [1.54, 1.807) is 0 Å². The van der Waals surface area contributed by atoms with Crippen molar-refractivity contribution in [1.82, 2.24) is 0 Å². The van der Waals surface area contributed by atoms with Crippen LogP contribution in [0.25, 0.3) is 0 Å². The molecule has 17 nitrogen and oxygen atoms in total. The van der Waals surface area contributed by atoms with Crippen LogP contribution in [0.2, 0.25) is 0 Å². The molecule has 0 spiro atoms. The summed E-state index contributed by atoms with van der Waals surface area (Å²) in [5, 5.41) is 10.6. The lowest BCUT2D eigenvalue weighted by Crippen LogP contribution is -2.30. The number of carbonyl (C=O) groups excluding carboxylic acids is 4. The Bertz CT molecular complexity index is 1720. The number of phosphoric acid groups is 2. The molecule has 0 aliphatic carbocycles. The van der Waals surface area contributed by atoms with Gasteiger partial charge in [-0.3, -0.25) is 37.3 Å². The molecule has 3 N–H and O–H groups in total. The minimum atomic E-state index is -4.95. The summed E-state index contributed by atoms with van der Waals surface area (Å²) in [6.45, 7) is 14.0. The van der Waals surface area contributed by atoms with Gasteiger partial charge in [-0.2, -0.15) is 0 Å². The molecule has 0 saturated carbocycles. The number of aliphatic hydroxyl groups is 1. The molecular weight excluding hydrogens is 1140 g/mol. The van der Waals surface area contributed by atoms with Crippen molar-refractivity contribution in [3.8, 4) is 0 Å². The molecule has 19 heteroatoms. The van der Waals surface area contributed by atoms with Crippen molar-refractivity contribution in [2.75, 3.05) is 39.6 Å². The van der Waals surface area contributed by atoms with E-state index in [-0.39, 0.29) is 25.7 Å². The van der Waals surface area contributed by atoms with Crippen LogP contribution in [-0.4, -0.2) is 96.7 Å². The Labute approximate surface area is 524 Å². The van der Waals surface area contributed by atoms with E-state index in [1.165, 1.54) is 122 Å². The third-order valence-electron chi connectivity index (χ3n) is 16.0. The Hall–Kier alpha value is -1.94. The maximum absolute atomic E-state index is 13.0. The zero-order valence-electron chi connectivity index (χ0n) is 55.9. The molecule has 0 heterocycles. The Morgan fingerprint density at radius 2 is 0.558 bits per heavy atom. The van der Waals surface area contributed by atoms with E-state index in [0.29, 0.717) is 25.7 Å². The first-order valence-corrected chi connectivity index (χ1v) is 37.8. The van der Waals surface area contributed by atoms with E-state index >= 15 is 0 Å². The maximum Gasteiger partial charge on any atom is 0.472 e. The molecule has 0 aliphatic heterocycles. The predicted molar refractivity (Wildman–Crippen MR) is 344 cm³/mol. The smallest absolute Gasteiger partial charge is 0.462 e. The number of aliphatic hydroxyl groups excluding tert-OH is 1. The molecule has 5 unspecified atom stereocenters. The second-order valence-corrected chi connectivity index (χ2v) is 28.6. The molecule has 0 aromatic heterocycles. The first-order chi connectivity index (χ1) is 41.2. The average Bonchev–Trinajstić information content (AvgIpc) is 3.65. The molecule has 0 radical (unpaired) electrons. The number of phosphoric ester groups is 2. The third-order valence-corrected chi connectivity index (χ3v) is 17.9. The summed E-state index contributed by atoms with van der Waals surface area (Å²) in [6, 6.07) is 0. The zero-order valence-corrected chi connectivity index (χ0v) is 57.7. The minimum absolute atomic E-state index is 0.102. The van der Waals surface area contributed by atoms with Gasteiger partial charge in [-0.05, 0) is 49.4 Å². The lowest BCUT2D eigenvalue weighted by Gasteiger charge is -2.21. The van der Waals surface area contributed by atoms with Gasteiger partial charge in [0.05, 0.1) is 26.4 Å². The zero-order chi connectivity index (χ0) is 63.9. The Kier molecular flexibility index (Phi) is 55.7. The molecule has 86 heavy (non-hydrogen) atoms. The molecule has 510 valence electrons. The standard InChI is InChI=1S/C67H130O17P2/c1-9-59(7)45-37-29-23-25-32-40-48-65(70)78-54-62(83-66(71)49-41-33-22-16-14-12-11-13-15-19-27-35-43-57(3)4)55-81-85(73,74)79-51-61(68)52-80-86(75,76)82-56-63(84-67(72)50-42-34-26-24-30-38-46-60(8)10-2)53-77-64(69)47-39-31-21-18-17-20-28-36-44-58(5)6/h57-63,68H,9-56H2,1-8H3,(H,73,74)(H,75,76)/t59?,60?,61?,62-,63-/m1/s1. The van der Waals surface area contributed by atoms with Gasteiger partial charge < -0.3 is 33.8 Å². The lowest BCUT2D eigenvalue weighted by molar-refractivity contribution is -0.161. The van der Waals surface area contributed by atoms with Gasteiger partial charge in [0.2, 0.25) is 0 Å². The highest BCUT2D eigenvalue weighted by Crippen LogP contribution is 2.45. The maximum atomic E-state index is 13.0. The quantitative estimate of drug-likeness (QED) is 0.0222. The second-order valence-electron chi connectivity index (χ2n) is 25.6. The normalized spacial score (nSPS) is 15.0. The van der Waals surface area contributed by atoms with Crippen molar-refractivity contribution in [2.24, 2.45) is 23.7 Å². The summed E-state index contributed by atoms with van der Waals surface area (Å²) in [4.78, 5) is 72.4. The summed E-state index contributed by atoms with van der Waals surface area (Å²) >= 11 is 0. The predicted octanol–water partition coefficient (Wildman–Crippen LogP) is 18.5. The number of hydrogen-bond acceptors (Lipinski definition) is 15. The summed E-state index contributed by atoms with van der Waals surface area (Å²) in [5.41, 5.74) is 0. The average molecular weight is 1270 g/mol. The van der Waals surface area contributed by atoms with Gasteiger partial charge in [0.1, 0.15) is 19.3 Å². The van der Waals surface area contributed by atoms with Gasteiger partial charge in [-0.15, -0.1) is 0 Å². The fraction of sp³-hybridized carbons (Fsp3) is 0.940. The van der Waals surface area contributed by atoms with E-state index in [9.17, 15) is 43.2 Å². The lowest BCUT2D eigenvalue weighted by atomic mass is 10.00. The van der Waals surface area contributed by atoms with E-state index in [4.69, 9.17) is 37.0 Å². The minimum Gasteiger partial charge on any atom is -0.462 e. The topological polar surface area (TPSA) is 237 Å². The summed E-state index contributed by atoms with van der Waals surface area (Å²) in [7, 11) is -9.90. The molecule has 0 rings (SSSR count). The number of esters is 4. The van der Waals surface area contributed by atoms with Crippen LogP contribution in [-0.2, 0) is 65.4 Å². The van der Waals surface area contributed by atoms with Crippen LogP contribution in [0.15, 0.2) is 0 Å². The number of carbonyl (C=O) groups is 4. The van der Waals surface area contributed by atoms with Crippen molar-refractivity contribution < 1.29 is 80.2 Å². The van der Waals surface area contributed by atoms with Gasteiger partial charge in [0.25, 0.3) is 0 Å². The van der Waals surface area contributed by atoms with Crippen LogP contribution in [0.1, 0.15) is 325 Å². The first-order valence-electron chi connectivity index (χ1n) is 34.8. The molecule has 0 bridgehead atoms. The molecule has 0 aromatic rings.